The molecule has 0 spiro atoms. The van der Waals surface area contributed by atoms with Crippen LogP contribution in [0.1, 0.15) is 28.9 Å². The fourth-order valence-corrected chi connectivity index (χ4v) is 3.02. The number of hydrogen-bond donors (Lipinski definition) is 0. The molecule has 0 amide bonds. The molecule has 3 rings (SSSR count). The zero-order valence-electron chi connectivity index (χ0n) is 15.0. The number of ketones is 1. The molecule has 0 saturated heterocycles. The summed E-state index contributed by atoms with van der Waals surface area (Å²) in [6.45, 7) is 2.81. The predicted molar refractivity (Wildman–Crippen MR) is 105 cm³/mol. The highest BCUT2D eigenvalue weighted by Gasteiger charge is 2.14. The summed E-state index contributed by atoms with van der Waals surface area (Å²) in [4.78, 5) is 12.4. The highest BCUT2D eigenvalue weighted by molar-refractivity contribution is 9.10. The molecule has 140 valence electrons. The van der Waals surface area contributed by atoms with E-state index in [-0.39, 0.29) is 12.4 Å². The van der Waals surface area contributed by atoms with E-state index in [1.165, 1.54) is 6.08 Å². The molecular weight excluding hydrogens is 412 g/mol. The first-order chi connectivity index (χ1) is 13.1. The summed E-state index contributed by atoms with van der Waals surface area (Å²) >= 11 is 3.36. The Kier molecular flexibility index (Phi) is 6.13. The van der Waals surface area contributed by atoms with E-state index in [1.807, 2.05) is 37.3 Å². The van der Waals surface area contributed by atoms with Crippen molar-refractivity contribution in [2.75, 3.05) is 7.11 Å². The number of carbonyl (C=O) groups excluding carboxylic acids is 1. The number of ether oxygens (including phenoxy) is 2. The Labute approximate surface area is 165 Å². The van der Waals surface area contributed by atoms with Gasteiger partial charge >= 0.3 is 0 Å². The number of aromatic nitrogens is 2. The van der Waals surface area contributed by atoms with E-state index in [4.69, 9.17) is 13.9 Å². The lowest BCUT2D eigenvalue weighted by Gasteiger charge is -2.08. The van der Waals surface area contributed by atoms with Gasteiger partial charge in [-0.25, -0.2) is 0 Å². The van der Waals surface area contributed by atoms with Gasteiger partial charge in [0.25, 0.3) is 0 Å². The van der Waals surface area contributed by atoms with Crippen LogP contribution < -0.4 is 9.47 Å². The molecule has 0 aliphatic heterocycles. The molecule has 0 radical (unpaired) electrons. The molecule has 0 bridgehead atoms. The molecule has 0 atom stereocenters. The van der Waals surface area contributed by atoms with Crippen molar-refractivity contribution in [2.45, 2.75) is 20.1 Å². The van der Waals surface area contributed by atoms with Crippen molar-refractivity contribution in [3.05, 3.63) is 70.4 Å². The van der Waals surface area contributed by atoms with Gasteiger partial charge in [-0.15, -0.1) is 0 Å². The van der Waals surface area contributed by atoms with Crippen LogP contribution in [0.5, 0.6) is 11.5 Å². The number of hydrogen-bond acceptors (Lipinski definition) is 5. The molecule has 3 aromatic rings. The number of para-hydroxylation sites is 2. The summed E-state index contributed by atoms with van der Waals surface area (Å²) in [6, 6.07) is 11.0. The van der Waals surface area contributed by atoms with Crippen molar-refractivity contribution in [2.24, 2.45) is 0 Å². The normalized spacial score (nSPS) is 11.1. The molecule has 6 nitrogen and oxygen atoms in total. The fraction of sp³-hybridized carbons (Fsp3) is 0.200. The molecule has 0 N–H and O–H groups in total. The Morgan fingerprint density at radius 2 is 2.04 bits per heavy atom. The maximum atomic E-state index is 12.4. The molecule has 0 fully saturated rings. The van der Waals surface area contributed by atoms with Gasteiger partial charge in [-0.1, -0.05) is 12.1 Å². The summed E-state index contributed by atoms with van der Waals surface area (Å²) < 4.78 is 19.0. The maximum Gasteiger partial charge on any atom is 0.205 e. The van der Waals surface area contributed by atoms with Gasteiger partial charge in [-0.2, -0.15) is 5.10 Å². The van der Waals surface area contributed by atoms with E-state index in [1.54, 1.807) is 30.1 Å². The van der Waals surface area contributed by atoms with Crippen molar-refractivity contribution in [3.63, 3.8) is 0 Å². The predicted octanol–water partition coefficient (Wildman–Crippen LogP) is 4.74. The van der Waals surface area contributed by atoms with Crippen LogP contribution in [-0.2, 0) is 13.2 Å². The van der Waals surface area contributed by atoms with Crippen molar-refractivity contribution in [1.82, 2.24) is 9.78 Å². The number of benzene rings is 1. The minimum Gasteiger partial charge on any atom is -0.493 e. The molecule has 0 aliphatic rings. The standard InChI is InChI=1S/C20H19BrN2O4/c1-3-23-20(16(21)12-22-23)17(24)11-10-14-8-9-15(27-14)13-26-19-7-5-4-6-18(19)25-2/h4-12H,3,13H2,1-2H3/b11-10+. The molecule has 27 heavy (non-hydrogen) atoms. The van der Waals surface area contributed by atoms with Gasteiger partial charge in [0.2, 0.25) is 5.78 Å². The average Bonchev–Trinajstić information content (AvgIpc) is 3.30. The van der Waals surface area contributed by atoms with Crippen LogP contribution in [0.4, 0.5) is 0 Å². The second kappa shape index (κ2) is 8.73. The average molecular weight is 431 g/mol. The number of nitrogens with zero attached hydrogens (tertiary/aromatic N) is 2. The lowest BCUT2D eigenvalue weighted by molar-refractivity contribution is 0.103. The van der Waals surface area contributed by atoms with Gasteiger partial charge in [0.1, 0.15) is 23.8 Å². The maximum absolute atomic E-state index is 12.4. The van der Waals surface area contributed by atoms with Gasteiger partial charge in [0, 0.05) is 6.54 Å². The third kappa shape index (κ3) is 4.49. The van der Waals surface area contributed by atoms with Crippen molar-refractivity contribution < 1.29 is 18.7 Å². The van der Waals surface area contributed by atoms with Gasteiger partial charge in [0.15, 0.2) is 11.5 Å². The molecule has 0 saturated carbocycles. The summed E-state index contributed by atoms with van der Waals surface area (Å²) in [6.07, 6.45) is 4.72. The SMILES string of the molecule is CCn1ncc(Br)c1C(=O)/C=C/c1ccc(COc2ccccc2OC)o1. The Balaban J connectivity index is 1.64. The fourth-order valence-electron chi connectivity index (χ4n) is 2.53. The minimum absolute atomic E-state index is 0.149. The smallest absolute Gasteiger partial charge is 0.205 e. The molecule has 2 aromatic heterocycles. The number of allylic oxidation sites excluding steroid dienone is 1. The van der Waals surface area contributed by atoms with Crippen molar-refractivity contribution >= 4 is 27.8 Å². The van der Waals surface area contributed by atoms with E-state index in [9.17, 15) is 4.79 Å². The number of carbonyl (C=O) groups is 1. The minimum atomic E-state index is -0.149. The summed E-state index contributed by atoms with van der Waals surface area (Å²) in [5.74, 6) is 2.37. The third-order valence-electron chi connectivity index (χ3n) is 3.85. The van der Waals surface area contributed by atoms with E-state index < -0.39 is 0 Å². The Bertz CT molecular complexity index is 959. The monoisotopic (exact) mass is 430 g/mol. The summed E-state index contributed by atoms with van der Waals surface area (Å²) in [7, 11) is 1.60. The van der Waals surface area contributed by atoms with Gasteiger partial charge in [0.05, 0.1) is 17.8 Å². The molecule has 7 heteroatoms. The van der Waals surface area contributed by atoms with E-state index >= 15 is 0 Å². The lowest BCUT2D eigenvalue weighted by atomic mass is 10.2. The number of methoxy groups -OCH3 is 1. The van der Waals surface area contributed by atoms with Crippen LogP contribution in [0.15, 0.2) is 57.6 Å². The van der Waals surface area contributed by atoms with Gasteiger partial charge < -0.3 is 13.9 Å². The molecule has 0 aliphatic carbocycles. The number of aryl methyl sites for hydroxylation is 1. The van der Waals surface area contributed by atoms with Crippen LogP contribution in [-0.4, -0.2) is 22.7 Å². The third-order valence-corrected chi connectivity index (χ3v) is 4.43. The summed E-state index contributed by atoms with van der Waals surface area (Å²) in [5, 5.41) is 4.15. The van der Waals surface area contributed by atoms with E-state index in [2.05, 4.69) is 21.0 Å². The van der Waals surface area contributed by atoms with Gasteiger partial charge in [-0.05, 0) is 59.3 Å². The number of rotatable bonds is 8. The number of halogens is 1. The van der Waals surface area contributed by atoms with Crippen LogP contribution in [0.2, 0.25) is 0 Å². The number of furan rings is 1. The quantitative estimate of drug-likeness (QED) is 0.381. The highest BCUT2D eigenvalue weighted by atomic mass is 79.9. The lowest BCUT2D eigenvalue weighted by Crippen LogP contribution is -2.07. The van der Waals surface area contributed by atoms with Crippen LogP contribution in [0, 0.1) is 0 Å². The van der Waals surface area contributed by atoms with Crippen LogP contribution >= 0.6 is 15.9 Å². The second-order valence-electron chi connectivity index (χ2n) is 5.60. The van der Waals surface area contributed by atoms with Crippen LogP contribution in [0.3, 0.4) is 0 Å². The topological polar surface area (TPSA) is 66.5 Å². The first kappa shape index (κ1) is 19.0. The van der Waals surface area contributed by atoms with E-state index in [0.29, 0.717) is 39.7 Å². The molecular formula is C20H19BrN2O4. The zero-order valence-corrected chi connectivity index (χ0v) is 16.6. The highest BCUT2D eigenvalue weighted by Crippen LogP contribution is 2.27. The largest absolute Gasteiger partial charge is 0.493 e. The molecule has 2 heterocycles. The van der Waals surface area contributed by atoms with Crippen LogP contribution in [0.25, 0.3) is 6.08 Å². The Morgan fingerprint density at radius 3 is 2.78 bits per heavy atom. The zero-order chi connectivity index (χ0) is 19.2. The van der Waals surface area contributed by atoms with Crippen molar-refractivity contribution in [3.8, 4) is 11.5 Å². The first-order valence-electron chi connectivity index (χ1n) is 8.40. The molecule has 1 aromatic carbocycles. The Morgan fingerprint density at radius 1 is 1.26 bits per heavy atom. The summed E-state index contributed by atoms with van der Waals surface area (Å²) in [5.41, 5.74) is 0.514. The second-order valence-corrected chi connectivity index (χ2v) is 6.45. The van der Waals surface area contributed by atoms with E-state index in [0.717, 1.165) is 0 Å². The Hall–Kier alpha value is -2.80. The first-order valence-corrected chi connectivity index (χ1v) is 9.20. The van der Waals surface area contributed by atoms with Gasteiger partial charge in [-0.3, -0.25) is 9.48 Å². The van der Waals surface area contributed by atoms with Crippen molar-refractivity contribution in [1.29, 1.82) is 0 Å². The molecule has 0 unspecified atom stereocenters.